The molecule has 0 atom stereocenters. The molecule has 0 aliphatic carbocycles. The summed E-state index contributed by atoms with van der Waals surface area (Å²) >= 11 is 1.33. The monoisotopic (exact) mass is 221 g/mol. The molecule has 0 unspecified atom stereocenters. The maximum atomic E-state index is 10.7. The van der Waals surface area contributed by atoms with Crippen LogP contribution in [-0.2, 0) is 11.2 Å². The first-order valence-corrected chi connectivity index (χ1v) is 5.65. The van der Waals surface area contributed by atoms with Crippen LogP contribution in [0.4, 0.5) is 0 Å². The molecule has 0 aliphatic rings. The summed E-state index contributed by atoms with van der Waals surface area (Å²) in [6.45, 7) is 1.58. The molecule has 15 heavy (non-hydrogen) atoms. The Bertz CT molecular complexity index is 447. The summed E-state index contributed by atoms with van der Waals surface area (Å²) in [6.07, 6.45) is 8.10. The van der Waals surface area contributed by atoms with Gasteiger partial charge in [-0.25, -0.2) is 4.98 Å². The average molecular weight is 221 g/mol. The summed E-state index contributed by atoms with van der Waals surface area (Å²) in [4.78, 5) is 19.1. The van der Waals surface area contributed by atoms with Gasteiger partial charge in [0.05, 0.1) is 11.9 Å². The summed E-state index contributed by atoms with van der Waals surface area (Å²) in [5.41, 5.74) is 1.84. The van der Waals surface area contributed by atoms with Crippen molar-refractivity contribution >= 4 is 22.5 Å². The number of imidazole rings is 1. The highest BCUT2D eigenvalue weighted by Gasteiger charge is 2.01. The van der Waals surface area contributed by atoms with Crippen molar-refractivity contribution in [1.82, 2.24) is 14.4 Å². The zero-order valence-electron chi connectivity index (χ0n) is 8.38. The molecule has 2 heterocycles. The van der Waals surface area contributed by atoms with Crippen LogP contribution in [0.3, 0.4) is 0 Å². The maximum absolute atomic E-state index is 10.7. The fourth-order valence-electron chi connectivity index (χ4n) is 1.32. The molecule has 2 rings (SSSR count). The van der Waals surface area contributed by atoms with Gasteiger partial charge in [-0.2, -0.15) is 0 Å². The van der Waals surface area contributed by atoms with E-state index >= 15 is 0 Å². The number of hydrogen-bond acceptors (Lipinski definition) is 4. The molecule has 2 aromatic heterocycles. The molecule has 0 N–H and O–H groups in total. The first-order valence-electron chi connectivity index (χ1n) is 4.66. The number of carbonyl (C=O) groups excluding carboxylic acids is 1. The van der Waals surface area contributed by atoms with Crippen LogP contribution in [-0.4, -0.2) is 25.2 Å². The lowest BCUT2D eigenvalue weighted by Gasteiger charge is -1.92. The van der Waals surface area contributed by atoms with Crippen LogP contribution >= 0.6 is 11.8 Å². The quantitative estimate of drug-likeness (QED) is 0.789. The molecule has 4 nitrogen and oxygen atoms in total. The number of aryl methyl sites for hydroxylation is 1. The van der Waals surface area contributed by atoms with E-state index in [9.17, 15) is 4.79 Å². The Hall–Kier alpha value is -1.36. The molecule has 0 amide bonds. The molecule has 0 radical (unpaired) electrons. The zero-order valence-corrected chi connectivity index (χ0v) is 9.20. The molecule has 5 heteroatoms. The predicted octanol–water partition coefficient (Wildman–Crippen LogP) is 1.55. The van der Waals surface area contributed by atoms with Crippen LogP contribution in [0, 0.1) is 0 Å². The molecule has 0 saturated heterocycles. The second-order valence-corrected chi connectivity index (χ2v) is 4.44. The first kappa shape index (κ1) is 10.2. The first-order chi connectivity index (χ1) is 7.25. The van der Waals surface area contributed by atoms with E-state index in [0.29, 0.717) is 0 Å². The van der Waals surface area contributed by atoms with Gasteiger partial charge in [0.2, 0.25) is 0 Å². The molecule has 0 aromatic carbocycles. The second kappa shape index (κ2) is 4.44. The normalized spacial score (nSPS) is 10.7. The molecule has 2 aromatic rings. The molecular weight excluding hydrogens is 210 g/mol. The molecular formula is C10H11N3OS. The fourth-order valence-corrected chi connectivity index (χ4v) is 1.91. The number of rotatable bonds is 3. The number of nitrogens with zero attached hydrogens (tertiary/aromatic N) is 3. The van der Waals surface area contributed by atoms with E-state index in [2.05, 4.69) is 9.97 Å². The van der Waals surface area contributed by atoms with Gasteiger partial charge in [0.15, 0.2) is 10.8 Å². The van der Waals surface area contributed by atoms with Crippen molar-refractivity contribution in [3.8, 4) is 0 Å². The standard InChI is InChI=1S/C10H11N3OS/c1-8(14)15-5-2-9-7-13-4-3-11-6-10(13)12-9/h3-4,6-7H,2,5H2,1H3. The van der Waals surface area contributed by atoms with Gasteiger partial charge in [-0.1, -0.05) is 11.8 Å². The van der Waals surface area contributed by atoms with Crippen molar-refractivity contribution < 1.29 is 4.79 Å². The van der Waals surface area contributed by atoms with Gasteiger partial charge in [-0.3, -0.25) is 9.78 Å². The van der Waals surface area contributed by atoms with Crippen LogP contribution in [0.5, 0.6) is 0 Å². The number of aromatic nitrogens is 3. The minimum absolute atomic E-state index is 0.153. The van der Waals surface area contributed by atoms with Crippen LogP contribution < -0.4 is 0 Å². The van der Waals surface area contributed by atoms with E-state index in [4.69, 9.17) is 0 Å². The van der Waals surface area contributed by atoms with Gasteiger partial charge in [-0.05, 0) is 0 Å². The number of carbonyl (C=O) groups is 1. The minimum Gasteiger partial charge on any atom is -0.304 e. The molecule has 0 fully saturated rings. The summed E-state index contributed by atoms with van der Waals surface area (Å²) in [7, 11) is 0. The van der Waals surface area contributed by atoms with Gasteiger partial charge in [0.25, 0.3) is 0 Å². The molecule has 0 bridgehead atoms. The largest absolute Gasteiger partial charge is 0.304 e. The summed E-state index contributed by atoms with van der Waals surface area (Å²) in [5.74, 6) is 0.784. The van der Waals surface area contributed by atoms with Crippen LogP contribution in [0.1, 0.15) is 12.6 Å². The third kappa shape index (κ3) is 2.56. The highest BCUT2D eigenvalue weighted by Crippen LogP contribution is 2.08. The van der Waals surface area contributed by atoms with Crippen molar-refractivity contribution in [2.24, 2.45) is 0 Å². The number of hydrogen-bond donors (Lipinski definition) is 0. The lowest BCUT2D eigenvalue weighted by atomic mass is 10.4. The summed E-state index contributed by atoms with van der Waals surface area (Å²) < 4.78 is 1.93. The van der Waals surface area contributed by atoms with Crippen molar-refractivity contribution in [1.29, 1.82) is 0 Å². The molecule has 0 aliphatic heterocycles. The van der Waals surface area contributed by atoms with Crippen molar-refractivity contribution in [3.63, 3.8) is 0 Å². The van der Waals surface area contributed by atoms with Gasteiger partial charge < -0.3 is 4.40 Å². The molecule has 0 spiro atoms. The number of thioether (sulfide) groups is 1. The van der Waals surface area contributed by atoms with Crippen LogP contribution in [0.2, 0.25) is 0 Å². The van der Waals surface area contributed by atoms with E-state index < -0.39 is 0 Å². The highest BCUT2D eigenvalue weighted by atomic mass is 32.2. The Morgan fingerprint density at radius 2 is 2.47 bits per heavy atom. The van der Waals surface area contributed by atoms with Crippen LogP contribution in [0.15, 0.2) is 24.8 Å². The van der Waals surface area contributed by atoms with E-state index in [1.165, 1.54) is 11.8 Å². The summed E-state index contributed by atoms with van der Waals surface area (Å²) in [5, 5.41) is 0.153. The smallest absolute Gasteiger partial charge is 0.185 e. The Labute approximate surface area is 91.7 Å². The van der Waals surface area contributed by atoms with Crippen molar-refractivity contribution in [3.05, 3.63) is 30.5 Å². The predicted molar refractivity (Wildman–Crippen MR) is 59.8 cm³/mol. The van der Waals surface area contributed by atoms with Gasteiger partial charge in [0.1, 0.15) is 0 Å². The van der Waals surface area contributed by atoms with Crippen molar-refractivity contribution in [2.45, 2.75) is 13.3 Å². The Morgan fingerprint density at radius 3 is 3.20 bits per heavy atom. The van der Waals surface area contributed by atoms with Gasteiger partial charge in [0, 0.05) is 37.7 Å². The zero-order chi connectivity index (χ0) is 10.7. The average Bonchev–Trinajstić information content (AvgIpc) is 2.59. The van der Waals surface area contributed by atoms with E-state index in [0.717, 1.165) is 23.5 Å². The second-order valence-electron chi connectivity index (χ2n) is 3.16. The van der Waals surface area contributed by atoms with E-state index in [1.807, 2.05) is 16.8 Å². The van der Waals surface area contributed by atoms with Gasteiger partial charge >= 0.3 is 0 Å². The molecule has 78 valence electrons. The topological polar surface area (TPSA) is 47.3 Å². The lowest BCUT2D eigenvalue weighted by molar-refractivity contribution is -0.109. The Morgan fingerprint density at radius 1 is 1.60 bits per heavy atom. The van der Waals surface area contributed by atoms with E-state index in [1.54, 1.807) is 19.3 Å². The fraction of sp³-hybridized carbons (Fsp3) is 0.300. The minimum atomic E-state index is 0.153. The Kier molecular flexibility index (Phi) is 3.01. The number of fused-ring (bicyclic) bond motifs is 1. The Balaban J connectivity index is 2.05. The third-order valence-electron chi connectivity index (χ3n) is 1.98. The van der Waals surface area contributed by atoms with Crippen LogP contribution in [0.25, 0.3) is 5.65 Å². The third-order valence-corrected chi connectivity index (χ3v) is 2.79. The summed E-state index contributed by atoms with van der Waals surface area (Å²) in [6, 6.07) is 0. The van der Waals surface area contributed by atoms with Crippen molar-refractivity contribution in [2.75, 3.05) is 5.75 Å². The van der Waals surface area contributed by atoms with Gasteiger partial charge in [-0.15, -0.1) is 0 Å². The molecule has 0 saturated carbocycles. The lowest BCUT2D eigenvalue weighted by Crippen LogP contribution is -1.91. The SMILES string of the molecule is CC(=O)SCCc1cn2ccncc2n1. The van der Waals surface area contributed by atoms with E-state index in [-0.39, 0.29) is 5.12 Å². The maximum Gasteiger partial charge on any atom is 0.185 e. The highest BCUT2D eigenvalue weighted by molar-refractivity contribution is 8.13.